The van der Waals surface area contributed by atoms with Crippen LogP contribution in [0, 0.1) is 0 Å². The Labute approximate surface area is 446 Å². The van der Waals surface area contributed by atoms with E-state index in [0.29, 0.717) is 60.6 Å². The minimum absolute atomic E-state index is 0. The van der Waals surface area contributed by atoms with Crippen molar-refractivity contribution in [3.05, 3.63) is 24.3 Å². The summed E-state index contributed by atoms with van der Waals surface area (Å²) in [5, 5.41) is 21.8. The Morgan fingerprint density at radius 2 is 0.806 bits per heavy atom. The highest BCUT2D eigenvalue weighted by Crippen LogP contribution is 2.18. The number of aliphatic hydroxyl groups excluding tert-OH is 2. The van der Waals surface area contributed by atoms with E-state index < -0.39 is 24.4 Å². The normalized spacial score (nSPS) is 13.3. The Balaban J connectivity index is -0.0000238. The van der Waals surface area contributed by atoms with Gasteiger partial charge in [-0.25, -0.2) is 9.59 Å². The number of quaternary nitrogens is 2. The molecule has 0 aliphatic carbocycles. The SMILES string of the molecule is CCCCCC(OC(=O)C[N+](C)(C)CCOC(C)=O)C(O)C/C=C\CCCCCCCC(=O)OCCOC(=O)CCCCCCC/C=C\CC(O)C(CCCCC)OC(=O)C[N+](C)(C)CCOC(C)=O.Cl.[Cl-]. The number of hydrogen-bond acceptors (Lipinski definition) is 14. The minimum Gasteiger partial charge on any atom is -1.00 e. The fourth-order valence-electron chi connectivity index (χ4n) is 7.58. The zero-order valence-corrected chi connectivity index (χ0v) is 47.3. The third-order valence-corrected chi connectivity index (χ3v) is 11.9. The van der Waals surface area contributed by atoms with Gasteiger partial charge in [0.25, 0.3) is 0 Å². The quantitative estimate of drug-likeness (QED) is 0.0243. The van der Waals surface area contributed by atoms with Crippen LogP contribution < -0.4 is 12.4 Å². The lowest BCUT2D eigenvalue weighted by molar-refractivity contribution is -0.883. The van der Waals surface area contributed by atoms with Crippen LogP contribution in [0.3, 0.4) is 0 Å². The number of rotatable bonds is 45. The Morgan fingerprint density at radius 1 is 0.458 bits per heavy atom. The van der Waals surface area contributed by atoms with Crippen molar-refractivity contribution in [2.75, 3.05) is 80.8 Å². The van der Waals surface area contributed by atoms with Crippen LogP contribution in [0.15, 0.2) is 24.3 Å². The number of ether oxygens (including phenoxy) is 6. The van der Waals surface area contributed by atoms with Crippen LogP contribution >= 0.6 is 12.4 Å². The van der Waals surface area contributed by atoms with E-state index >= 15 is 0 Å². The predicted octanol–water partition coefficient (Wildman–Crippen LogP) is 5.84. The molecule has 0 amide bonds. The maximum Gasteiger partial charge on any atom is 0.362 e. The zero-order valence-electron chi connectivity index (χ0n) is 45.7. The van der Waals surface area contributed by atoms with Crippen LogP contribution in [0.25, 0.3) is 0 Å². The van der Waals surface area contributed by atoms with E-state index in [-0.39, 0.29) is 100 Å². The van der Waals surface area contributed by atoms with E-state index in [4.69, 9.17) is 28.4 Å². The lowest BCUT2D eigenvalue weighted by Crippen LogP contribution is -3.00. The Hall–Kier alpha value is -3.28. The molecule has 0 fully saturated rings. The predicted molar refractivity (Wildman–Crippen MR) is 278 cm³/mol. The summed E-state index contributed by atoms with van der Waals surface area (Å²) in [7, 11) is 7.49. The number of likely N-dealkylation sites (N-methyl/N-ethyl adjacent to an activating group) is 2. The standard InChI is InChI=1S/C54H98N2O14.2ClH/c1-9-11-25-33-49(69-53(63)43-55(5,6)37-39-65-45(3)57)47(59)31-27-21-17-13-15-19-23-29-35-51(61)67-41-42-68-52(62)36-30-24-20-16-14-18-22-28-32-48(60)50(34-26-12-10-2)70-54(64)44-56(7,8)38-40-66-46(4)58;;/h21-22,27-28,47-50,59-60H,9-20,23-26,29-44H2,1-8H3;2*1H/q+2;;/p-1/b27-21-,28-22-;;. The van der Waals surface area contributed by atoms with Gasteiger partial charge >= 0.3 is 35.8 Å². The Morgan fingerprint density at radius 3 is 1.15 bits per heavy atom. The van der Waals surface area contributed by atoms with Crippen molar-refractivity contribution in [3.8, 4) is 0 Å². The second-order valence-electron chi connectivity index (χ2n) is 20.0. The van der Waals surface area contributed by atoms with E-state index in [9.17, 15) is 39.0 Å². The fourth-order valence-corrected chi connectivity index (χ4v) is 7.58. The van der Waals surface area contributed by atoms with Gasteiger partial charge in [-0.1, -0.05) is 102 Å². The molecule has 0 saturated carbocycles. The highest BCUT2D eigenvalue weighted by Gasteiger charge is 2.29. The lowest BCUT2D eigenvalue weighted by Gasteiger charge is -2.30. The molecule has 0 heterocycles. The highest BCUT2D eigenvalue weighted by atomic mass is 35.5. The first-order chi connectivity index (χ1) is 33.3. The van der Waals surface area contributed by atoms with Gasteiger partial charge in [-0.05, 0) is 77.0 Å². The van der Waals surface area contributed by atoms with E-state index in [0.717, 1.165) is 116 Å². The largest absolute Gasteiger partial charge is 1.00 e. The molecule has 0 aliphatic rings. The molecular formula is C54H99Cl2N2O14+. The van der Waals surface area contributed by atoms with E-state index in [2.05, 4.69) is 26.0 Å². The van der Waals surface area contributed by atoms with Crippen molar-refractivity contribution in [1.82, 2.24) is 0 Å². The number of aliphatic hydroxyl groups is 2. The number of carbonyl (C=O) groups is 6. The number of hydrogen-bond donors (Lipinski definition) is 2. The first-order valence-corrected chi connectivity index (χ1v) is 26.6. The number of halogens is 2. The first kappa shape index (κ1) is 73.0. The molecule has 0 bridgehead atoms. The van der Waals surface area contributed by atoms with Crippen LogP contribution in [-0.2, 0) is 57.2 Å². The molecule has 72 heavy (non-hydrogen) atoms. The van der Waals surface area contributed by atoms with E-state index in [1.165, 1.54) is 13.8 Å². The number of allylic oxidation sites excluding steroid dienone is 2. The molecule has 16 nitrogen and oxygen atoms in total. The first-order valence-electron chi connectivity index (χ1n) is 26.6. The molecule has 4 unspecified atom stereocenters. The molecule has 18 heteroatoms. The molecule has 0 aromatic rings. The molecule has 0 aromatic heterocycles. The van der Waals surface area contributed by atoms with Crippen molar-refractivity contribution in [2.45, 2.75) is 206 Å². The molecule has 0 aromatic carbocycles. The van der Waals surface area contributed by atoms with Gasteiger partial charge in [-0.2, -0.15) is 0 Å². The van der Waals surface area contributed by atoms with Crippen molar-refractivity contribution < 1.29 is 88.8 Å². The van der Waals surface area contributed by atoms with Gasteiger partial charge in [0.05, 0.1) is 40.4 Å². The third-order valence-electron chi connectivity index (χ3n) is 11.9. The van der Waals surface area contributed by atoms with Gasteiger partial charge in [0.15, 0.2) is 13.1 Å². The second kappa shape index (κ2) is 46.3. The maximum atomic E-state index is 12.8. The summed E-state index contributed by atoms with van der Waals surface area (Å²) < 4.78 is 32.7. The van der Waals surface area contributed by atoms with Crippen molar-refractivity contribution >= 4 is 48.2 Å². The fraction of sp³-hybridized carbons (Fsp3) is 0.815. The summed E-state index contributed by atoms with van der Waals surface area (Å²) in [6.45, 7) is 8.64. The smallest absolute Gasteiger partial charge is 0.362 e. The van der Waals surface area contributed by atoms with E-state index in [1.54, 1.807) is 0 Å². The van der Waals surface area contributed by atoms with Crippen LogP contribution in [-0.4, -0.2) is 160 Å². The summed E-state index contributed by atoms with van der Waals surface area (Å²) in [6.07, 6.45) is 24.8. The van der Waals surface area contributed by atoms with Crippen LogP contribution in [0.5, 0.6) is 0 Å². The highest BCUT2D eigenvalue weighted by molar-refractivity contribution is 5.85. The number of nitrogens with zero attached hydrogens (tertiary/aromatic N) is 2. The average Bonchev–Trinajstić information content (AvgIpc) is 3.27. The summed E-state index contributed by atoms with van der Waals surface area (Å²) in [5.41, 5.74) is 0. The molecule has 0 saturated heterocycles. The Bertz CT molecular complexity index is 1390. The van der Waals surface area contributed by atoms with Gasteiger partial charge < -0.3 is 60.0 Å². The number of esters is 6. The molecule has 4 atom stereocenters. The molecular weight excluding hydrogens is 971 g/mol. The van der Waals surface area contributed by atoms with E-state index in [1.807, 2.05) is 40.3 Å². The van der Waals surface area contributed by atoms with Crippen LogP contribution in [0.2, 0.25) is 0 Å². The molecule has 2 N–H and O–H groups in total. The van der Waals surface area contributed by atoms with Crippen molar-refractivity contribution in [1.29, 1.82) is 0 Å². The average molecular weight is 1070 g/mol. The molecule has 422 valence electrons. The number of unbranched alkanes of at least 4 members (excludes halogenated alkanes) is 14. The summed E-state index contributed by atoms with van der Waals surface area (Å²) in [6, 6.07) is 0. The van der Waals surface area contributed by atoms with Crippen molar-refractivity contribution in [2.24, 2.45) is 0 Å². The topological polar surface area (TPSA) is 198 Å². The van der Waals surface area contributed by atoms with Gasteiger partial charge in [0, 0.05) is 26.7 Å². The minimum atomic E-state index is -0.788. The lowest BCUT2D eigenvalue weighted by atomic mass is 10.0. The van der Waals surface area contributed by atoms with Gasteiger partial charge in [0.1, 0.15) is 51.7 Å². The molecule has 0 rings (SSSR count). The second-order valence-corrected chi connectivity index (χ2v) is 20.0. The van der Waals surface area contributed by atoms with Gasteiger partial charge in [-0.15, -0.1) is 12.4 Å². The molecule has 0 aliphatic heterocycles. The van der Waals surface area contributed by atoms with Crippen molar-refractivity contribution in [3.63, 3.8) is 0 Å². The van der Waals surface area contributed by atoms with Gasteiger partial charge in [-0.3, -0.25) is 19.2 Å². The zero-order chi connectivity index (χ0) is 52.5. The Kier molecular flexibility index (Phi) is 46.9. The third kappa shape index (κ3) is 45.3. The summed E-state index contributed by atoms with van der Waals surface area (Å²) in [4.78, 5) is 72.0. The monoisotopic (exact) mass is 1070 g/mol. The summed E-state index contributed by atoms with van der Waals surface area (Å²) >= 11 is 0. The molecule has 0 spiro atoms. The van der Waals surface area contributed by atoms with Gasteiger partial charge in [0.2, 0.25) is 0 Å². The summed E-state index contributed by atoms with van der Waals surface area (Å²) in [5.74, 6) is -2.05. The van der Waals surface area contributed by atoms with Crippen LogP contribution in [0.1, 0.15) is 182 Å². The number of carbonyl (C=O) groups excluding carboxylic acids is 6. The molecule has 0 radical (unpaired) electrons. The maximum absolute atomic E-state index is 12.8. The van der Waals surface area contributed by atoms with Crippen LogP contribution in [0.4, 0.5) is 0 Å².